The molecule has 3 N–H and O–H groups in total. The second-order valence-electron chi connectivity index (χ2n) is 3.22. The number of anilines is 2. The molecule has 1 aromatic rings. The molecule has 1 rings (SSSR count). The van der Waals surface area contributed by atoms with Crippen LogP contribution in [0.15, 0.2) is 36.4 Å². The molecule has 0 aromatic heterocycles. The van der Waals surface area contributed by atoms with Crippen molar-refractivity contribution in [3.63, 3.8) is 0 Å². The van der Waals surface area contributed by atoms with Crippen LogP contribution in [0.5, 0.6) is 0 Å². The first-order valence-corrected chi connectivity index (χ1v) is 4.43. The molecule has 0 bridgehead atoms. The molecule has 0 atom stereocenters. The van der Waals surface area contributed by atoms with Crippen molar-refractivity contribution in [2.45, 2.75) is 13.3 Å². The zero-order valence-electron chi connectivity index (χ0n) is 8.01. The summed E-state index contributed by atoms with van der Waals surface area (Å²) in [6, 6.07) is 7.77. The molecule has 0 saturated heterocycles. The van der Waals surface area contributed by atoms with Crippen LogP contribution in [0.2, 0.25) is 0 Å². The summed E-state index contributed by atoms with van der Waals surface area (Å²) in [4.78, 5) is 0. The molecule has 0 fully saturated rings. The Labute approximate surface area is 79.5 Å². The standard InChI is InChI=1S/C11H16N2/c1-9(2)7-8-13-11-6-4-3-5-10(11)12/h3-6,13H,1,7-8,12H2,2H3. The van der Waals surface area contributed by atoms with Gasteiger partial charge >= 0.3 is 0 Å². The topological polar surface area (TPSA) is 38.0 Å². The fraction of sp³-hybridized carbons (Fsp3) is 0.273. The molecule has 0 aliphatic rings. The van der Waals surface area contributed by atoms with Gasteiger partial charge in [-0.25, -0.2) is 0 Å². The zero-order valence-corrected chi connectivity index (χ0v) is 8.01. The van der Waals surface area contributed by atoms with E-state index in [4.69, 9.17) is 5.73 Å². The number of benzene rings is 1. The van der Waals surface area contributed by atoms with Gasteiger partial charge in [0, 0.05) is 6.54 Å². The van der Waals surface area contributed by atoms with Crippen LogP contribution >= 0.6 is 0 Å². The smallest absolute Gasteiger partial charge is 0.0574 e. The third kappa shape index (κ3) is 3.20. The van der Waals surface area contributed by atoms with E-state index in [2.05, 4.69) is 11.9 Å². The van der Waals surface area contributed by atoms with Crippen molar-refractivity contribution in [2.24, 2.45) is 0 Å². The molecular weight excluding hydrogens is 160 g/mol. The molecular formula is C11H16N2. The van der Waals surface area contributed by atoms with Crippen molar-refractivity contribution in [3.05, 3.63) is 36.4 Å². The number of nitrogen functional groups attached to an aromatic ring is 1. The lowest BCUT2D eigenvalue weighted by molar-refractivity contribution is 1.00. The minimum absolute atomic E-state index is 0.796. The second-order valence-corrected chi connectivity index (χ2v) is 3.22. The Hall–Kier alpha value is -1.44. The quantitative estimate of drug-likeness (QED) is 0.546. The molecule has 13 heavy (non-hydrogen) atoms. The van der Waals surface area contributed by atoms with Crippen LogP contribution in [-0.4, -0.2) is 6.54 Å². The fourth-order valence-electron chi connectivity index (χ4n) is 1.07. The Bertz CT molecular complexity index is 292. The highest BCUT2D eigenvalue weighted by atomic mass is 14.9. The van der Waals surface area contributed by atoms with E-state index in [1.54, 1.807) is 0 Å². The summed E-state index contributed by atoms with van der Waals surface area (Å²) in [6.45, 7) is 6.75. The van der Waals surface area contributed by atoms with E-state index in [9.17, 15) is 0 Å². The summed E-state index contributed by atoms with van der Waals surface area (Å²) in [5.41, 5.74) is 8.73. The monoisotopic (exact) mass is 176 g/mol. The summed E-state index contributed by atoms with van der Waals surface area (Å²) < 4.78 is 0. The van der Waals surface area contributed by atoms with E-state index >= 15 is 0 Å². The number of rotatable bonds is 4. The van der Waals surface area contributed by atoms with Crippen LogP contribution in [0.1, 0.15) is 13.3 Å². The highest BCUT2D eigenvalue weighted by molar-refractivity contribution is 5.65. The summed E-state index contributed by atoms with van der Waals surface area (Å²) in [7, 11) is 0. The average Bonchev–Trinajstić information content (AvgIpc) is 2.08. The average molecular weight is 176 g/mol. The van der Waals surface area contributed by atoms with Crippen LogP contribution in [0.4, 0.5) is 11.4 Å². The maximum absolute atomic E-state index is 5.75. The van der Waals surface area contributed by atoms with Crippen LogP contribution < -0.4 is 11.1 Å². The van der Waals surface area contributed by atoms with Gasteiger partial charge in [0.1, 0.15) is 0 Å². The Morgan fingerprint density at radius 1 is 1.46 bits per heavy atom. The predicted molar refractivity (Wildman–Crippen MR) is 58.8 cm³/mol. The minimum Gasteiger partial charge on any atom is -0.397 e. The lowest BCUT2D eigenvalue weighted by Gasteiger charge is -2.08. The van der Waals surface area contributed by atoms with Gasteiger partial charge in [0.15, 0.2) is 0 Å². The van der Waals surface area contributed by atoms with E-state index in [1.165, 1.54) is 5.57 Å². The largest absolute Gasteiger partial charge is 0.397 e. The van der Waals surface area contributed by atoms with Gasteiger partial charge in [-0.3, -0.25) is 0 Å². The van der Waals surface area contributed by atoms with Gasteiger partial charge in [-0.1, -0.05) is 17.7 Å². The number of nitrogens with two attached hydrogens (primary N) is 1. The number of nitrogens with one attached hydrogen (secondary N) is 1. The van der Waals surface area contributed by atoms with E-state index in [0.717, 1.165) is 24.3 Å². The van der Waals surface area contributed by atoms with Crippen LogP contribution in [-0.2, 0) is 0 Å². The van der Waals surface area contributed by atoms with E-state index in [0.29, 0.717) is 0 Å². The lowest BCUT2D eigenvalue weighted by atomic mass is 10.2. The van der Waals surface area contributed by atoms with Gasteiger partial charge < -0.3 is 11.1 Å². The molecule has 0 aliphatic heterocycles. The van der Waals surface area contributed by atoms with Gasteiger partial charge in [-0.05, 0) is 25.5 Å². The Morgan fingerprint density at radius 2 is 2.15 bits per heavy atom. The van der Waals surface area contributed by atoms with Crippen molar-refractivity contribution in [3.8, 4) is 0 Å². The third-order valence-electron chi connectivity index (χ3n) is 1.83. The van der Waals surface area contributed by atoms with Crippen molar-refractivity contribution >= 4 is 11.4 Å². The van der Waals surface area contributed by atoms with Crippen LogP contribution in [0.25, 0.3) is 0 Å². The number of hydrogen-bond donors (Lipinski definition) is 2. The van der Waals surface area contributed by atoms with Crippen molar-refractivity contribution in [1.29, 1.82) is 0 Å². The molecule has 0 spiro atoms. The van der Waals surface area contributed by atoms with Gasteiger partial charge in [0.2, 0.25) is 0 Å². The third-order valence-corrected chi connectivity index (χ3v) is 1.83. The molecule has 70 valence electrons. The molecule has 1 aromatic carbocycles. The first-order chi connectivity index (χ1) is 6.20. The number of para-hydroxylation sites is 2. The van der Waals surface area contributed by atoms with Crippen molar-refractivity contribution in [1.82, 2.24) is 0 Å². The van der Waals surface area contributed by atoms with Gasteiger partial charge in [0.05, 0.1) is 11.4 Å². The minimum atomic E-state index is 0.796. The SMILES string of the molecule is C=C(C)CCNc1ccccc1N. The fourth-order valence-corrected chi connectivity index (χ4v) is 1.07. The molecule has 0 aliphatic carbocycles. The summed E-state index contributed by atoms with van der Waals surface area (Å²) in [5.74, 6) is 0. The molecule has 0 heterocycles. The molecule has 0 amide bonds. The Balaban J connectivity index is 2.45. The molecule has 2 heteroatoms. The maximum atomic E-state index is 5.75. The Morgan fingerprint density at radius 3 is 2.77 bits per heavy atom. The summed E-state index contributed by atoms with van der Waals surface area (Å²) >= 11 is 0. The van der Waals surface area contributed by atoms with Gasteiger partial charge in [-0.2, -0.15) is 0 Å². The molecule has 0 radical (unpaired) electrons. The van der Waals surface area contributed by atoms with Gasteiger partial charge in [0.25, 0.3) is 0 Å². The van der Waals surface area contributed by atoms with E-state index < -0.39 is 0 Å². The maximum Gasteiger partial charge on any atom is 0.0574 e. The van der Waals surface area contributed by atoms with Crippen molar-refractivity contribution < 1.29 is 0 Å². The zero-order chi connectivity index (χ0) is 9.68. The van der Waals surface area contributed by atoms with Crippen LogP contribution in [0.3, 0.4) is 0 Å². The van der Waals surface area contributed by atoms with E-state index in [-0.39, 0.29) is 0 Å². The molecule has 2 nitrogen and oxygen atoms in total. The predicted octanol–water partition coefficient (Wildman–Crippen LogP) is 2.65. The molecule has 0 saturated carbocycles. The first-order valence-electron chi connectivity index (χ1n) is 4.43. The lowest BCUT2D eigenvalue weighted by Crippen LogP contribution is -2.03. The number of hydrogen-bond acceptors (Lipinski definition) is 2. The Kier molecular flexibility index (Phi) is 3.38. The first kappa shape index (κ1) is 9.65. The highest BCUT2D eigenvalue weighted by Gasteiger charge is 1.94. The molecule has 0 unspecified atom stereocenters. The van der Waals surface area contributed by atoms with Crippen molar-refractivity contribution in [2.75, 3.05) is 17.6 Å². The van der Waals surface area contributed by atoms with Gasteiger partial charge in [-0.15, -0.1) is 6.58 Å². The summed E-state index contributed by atoms with van der Waals surface area (Å²) in [6.07, 6.45) is 0.980. The normalized spacial score (nSPS) is 9.62. The van der Waals surface area contributed by atoms with Crippen LogP contribution in [0, 0.1) is 0 Å². The second kappa shape index (κ2) is 4.55. The summed E-state index contributed by atoms with van der Waals surface area (Å²) in [5, 5.41) is 3.26. The van der Waals surface area contributed by atoms with E-state index in [1.807, 2.05) is 31.2 Å². The highest BCUT2D eigenvalue weighted by Crippen LogP contribution is 2.16.